The predicted molar refractivity (Wildman–Crippen MR) is 101 cm³/mol. The first kappa shape index (κ1) is 19.1. The number of esters is 1. The van der Waals surface area contributed by atoms with E-state index in [0.717, 1.165) is 5.65 Å². The number of hydrogen-bond donors (Lipinski definition) is 0. The summed E-state index contributed by atoms with van der Waals surface area (Å²) in [6, 6.07) is 11.3. The second-order valence-corrected chi connectivity index (χ2v) is 8.41. The fourth-order valence-corrected chi connectivity index (χ4v) is 3.92. The molecule has 0 bridgehead atoms. The number of pyridine rings is 1. The Labute approximate surface area is 158 Å². The number of rotatable bonds is 6. The van der Waals surface area contributed by atoms with E-state index in [-0.39, 0.29) is 23.1 Å². The third-order valence-corrected chi connectivity index (χ3v) is 6.27. The van der Waals surface area contributed by atoms with Crippen molar-refractivity contribution in [2.75, 3.05) is 7.05 Å². The third-order valence-electron chi connectivity index (χ3n) is 4.24. The van der Waals surface area contributed by atoms with Crippen molar-refractivity contribution in [3.05, 3.63) is 66.1 Å². The van der Waals surface area contributed by atoms with E-state index in [1.54, 1.807) is 20.0 Å². The van der Waals surface area contributed by atoms with Crippen molar-refractivity contribution in [1.82, 2.24) is 13.7 Å². The Morgan fingerprint density at radius 2 is 2.00 bits per heavy atom. The van der Waals surface area contributed by atoms with Crippen molar-refractivity contribution in [3.8, 4) is 0 Å². The van der Waals surface area contributed by atoms with Gasteiger partial charge in [0.25, 0.3) is 0 Å². The molecule has 8 heteroatoms. The molecule has 0 atom stereocenters. The number of sulfonamides is 1. The number of aromatic nitrogens is 2. The average Bonchev–Trinajstić information content (AvgIpc) is 3.08. The Morgan fingerprint density at radius 3 is 2.70 bits per heavy atom. The van der Waals surface area contributed by atoms with Gasteiger partial charge in [-0.25, -0.2) is 18.2 Å². The van der Waals surface area contributed by atoms with Gasteiger partial charge in [-0.05, 0) is 44.2 Å². The van der Waals surface area contributed by atoms with E-state index in [0.29, 0.717) is 5.69 Å². The molecular formula is C19H21N3O4S. The molecular weight excluding hydrogens is 366 g/mol. The first-order valence-corrected chi connectivity index (χ1v) is 9.91. The molecule has 0 amide bonds. The molecule has 2 aromatic heterocycles. The van der Waals surface area contributed by atoms with Crippen molar-refractivity contribution in [2.45, 2.75) is 31.4 Å². The molecule has 0 spiro atoms. The van der Waals surface area contributed by atoms with E-state index < -0.39 is 16.0 Å². The predicted octanol–water partition coefficient (Wildman–Crippen LogP) is 2.72. The van der Waals surface area contributed by atoms with Crippen molar-refractivity contribution in [1.29, 1.82) is 0 Å². The molecule has 0 saturated heterocycles. The van der Waals surface area contributed by atoms with Crippen molar-refractivity contribution in [3.63, 3.8) is 0 Å². The topological polar surface area (TPSA) is 81.0 Å². The number of hydrogen-bond acceptors (Lipinski definition) is 5. The van der Waals surface area contributed by atoms with Crippen LogP contribution < -0.4 is 0 Å². The molecule has 1 aromatic carbocycles. The summed E-state index contributed by atoms with van der Waals surface area (Å²) in [5.74, 6) is -0.601. The van der Waals surface area contributed by atoms with Crippen LogP contribution in [0.25, 0.3) is 5.65 Å². The van der Waals surface area contributed by atoms with Crippen LogP contribution in [-0.2, 0) is 21.4 Å². The Morgan fingerprint density at radius 1 is 1.22 bits per heavy atom. The third kappa shape index (κ3) is 4.01. The van der Waals surface area contributed by atoms with Gasteiger partial charge in [-0.2, -0.15) is 4.31 Å². The maximum atomic E-state index is 12.6. The Kier molecular flexibility index (Phi) is 5.29. The molecule has 0 saturated carbocycles. The largest absolute Gasteiger partial charge is 0.456 e. The number of ether oxygens (including phenoxy) is 1. The lowest BCUT2D eigenvalue weighted by atomic mass is 10.2. The number of benzene rings is 1. The highest BCUT2D eigenvalue weighted by Gasteiger charge is 2.24. The summed E-state index contributed by atoms with van der Waals surface area (Å²) in [7, 11) is -2.16. The van der Waals surface area contributed by atoms with Gasteiger partial charge in [0.2, 0.25) is 10.0 Å². The first-order valence-electron chi connectivity index (χ1n) is 8.47. The smallest absolute Gasteiger partial charge is 0.338 e. The van der Waals surface area contributed by atoms with Crippen LogP contribution in [-0.4, -0.2) is 41.2 Å². The van der Waals surface area contributed by atoms with E-state index in [4.69, 9.17) is 4.74 Å². The summed E-state index contributed by atoms with van der Waals surface area (Å²) in [5.41, 5.74) is 1.54. The lowest BCUT2D eigenvalue weighted by Crippen LogP contribution is -2.33. The molecule has 0 N–H and O–H groups in total. The fraction of sp³-hybridized carbons (Fsp3) is 0.263. The minimum atomic E-state index is -3.67. The molecule has 0 aliphatic heterocycles. The monoisotopic (exact) mass is 387 g/mol. The van der Waals surface area contributed by atoms with Gasteiger partial charge in [0, 0.05) is 25.5 Å². The zero-order valence-corrected chi connectivity index (χ0v) is 16.2. The molecule has 0 aliphatic carbocycles. The SMILES string of the molecule is CC(C)N(C)S(=O)(=O)c1cccc(C(=O)OCc2cn3ccccc3n2)c1. The van der Waals surface area contributed by atoms with Gasteiger partial charge in [0.1, 0.15) is 12.3 Å². The van der Waals surface area contributed by atoms with E-state index in [1.807, 2.05) is 28.8 Å². The Hall–Kier alpha value is -2.71. The second kappa shape index (κ2) is 7.50. The van der Waals surface area contributed by atoms with Crippen LogP contribution in [0.15, 0.2) is 59.8 Å². The second-order valence-electron chi connectivity index (χ2n) is 6.42. The zero-order valence-electron chi connectivity index (χ0n) is 15.4. The molecule has 3 rings (SSSR count). The van der Waals surface area contributed by atoms with Gasteiger partial charge in [-0.3, -0.25) is 0 Å². The minimum absolute atomic E-state index is 0.00336. The van der Waals surface area contributed by atoms with E-state index in [1.165, 1.54) is 35.6 Å². The van der Waals surface area contributed by atoms with Gasteiger partial charge >= 0.3 is 5.97 Å². The van der Waals surface area contributed by atoms with Crippen LogP contribution >= 0.6 is 0 Å². The van der Waals surface area contributed by atoms with Gasteiger partial charge in [0.05, 0.1) is 16.2 Å². The van der Waals surface area contributed by atoms with Gasteiger partial charge in [0.15, 0.2) is 0 Å². The van der Waals surface area contributed by atoms with Crippen LogP contribution in [0.3, 0.4) is 0 Å². The van der Waals surface area contributed by atoms with Crippen LogP contribution in [0.5, 0.6) is 0 Å². The quantitative estimate of drug-likeness (QED) is 0.608. The summed E-state index contributed by atoms with van der Waals surface area (Å²) < 4.78 is 33.6. The van der Waals surface area contributed by atoms with Crippen LogP contribution in [0.1, 0.15) is 29.9 Å². The lowest BCUT2D eigenvalue weighted by Gasteiger charge is -2.21. The maximum absolute atomic E-state index is 12.6. The highest BCUT2D eigenvalue weighted by molar-refractivity contribution is 7.89. The molecule has 0 aliphatic rings. The number of nitrogens with zero attached hydrogens (tertiary/aromatic N) is 3. The van der Waals surface area contributed by atoms with Gasteiger partial charge in [-0.15, -0.1) is 0 Å². The van der Waals surface area contributed by atoms with E-state index in [9.17, 15) is 13.2 Å². The Bertz CT molecular complexity index is 1040. The number of imidazole rings is 1. The Balaban J connectivity index is 1.75. The summed E-state index contributed by atoms with van der Waals surface area (Å²) in [4.78, 5) is 16.8. The summed E-state index contributed by atoms with van der Waals surface area (Å²) in [5, 5.41) is 0. The zero-order chi connectivity index (χ0) is 19.6. The van der Waals surface area contributed by atoms with E-state index >= 15 is 0 Å². The molecule has 142 valence electrons. The van der Waals surface area contributed by atoms with Crippen molar-refractivity contribution >= 4 is 21.6 Å². The van der Waals surface area contributed by atoms with E-state index in [2.05, 4.69) is 4.98 Å². The summed E-state index contributed by atoms with van der Waals surface area (Å²) in [6.45, 7) is 3.57. The fourth-order valence-electron chi connectivity index (χ4n) is 2.51. The number of fused-ring (bicyclic) bond motifs is 1. The van der Waals surface area contributed by atoms with Gasteiger partial charge in [-0.1, -0.05) is 12.1 Å². The molecule has 2 heterocycles. The molecule has 0 unspecified atom stereocenters. The highest BCUT2D eigenvalue weighted by Crippen LogP contribution is 2.18. The molecule has 7 nitrogen and oxygen atoms in total. The molecule has 27 heavy (non-hydrogen) atoms. The van der Waals surface area contributed by atoms with Crippen LogP contribution in [0, 0.1) is 0 Å². The normalized spacial score (nSPS) is 12.0. The average molecular weight is 387 g/mol. The minimum Gasteiger partial charge on any atom is -0.456 e. The van der Waals surface area contributed by atoms with Crippen molar-refractivity contribution < 1.29 is 17.9 Å². The van der Waals surface area contributed by atoms with Crippen LogP contribution in [0.4, 0.5) is 0 Å². The summed E-state index contributed by atoms with van der Waals surface area (Å²) >= 11 is 0. The molecule has 0 radical (unpaired) electrons. The maximum Gasteiger partial charge on any atom is 0.338 e. The van der Waals surface area contributed by atoms with Crippen LogP contribution in [0.2, 0.25) is 0 Å². The summed E-state index contributed by atoms with van der Waals surface area (Å²) in [6.07, 6.45) is 3.63. The number of carbonyl (C=O) groups is 1. The lowest BCUT2D eigenvalue weighted by molar-refractivity contribution is 0.0468. The number of carbonyl (C=O) groups excluding carboxylic acids is 1. The first-order chi connectivity index (χ1) is 12.8. The molecule has 3 aromatic rings. The molecule has 0 fully saturated rings. The van der Waals surface area contributed by atoms with Gasteiger partial charge < -0.3 is 9.14 Å². The highest BCUT2D eigenvalue weighted by atomic mass is 32.2. The standard InChI is InChI=1S/C19H21N3O4S/c1-14(2)21(3)27(24,25)17-8-6-7-15(11-17)19(23)26-13-16-12-22-10-5-4-9-18(22)20-16/h4-12,14H,13H2,1-3H3. The van der Waals surface area contributed by atoms with Crippen molar-refractivity contribution in [2.24, 2.45) is 0 Å².